The fraction of sp³-hybridized carbons (Fsp3) is 0.0417. The molecule has 30 heavy (non-hydrogen) atoms. The van der Waals surface area contributed by atoms with Crippen molar-refractivity contribution in [1.82, 2.24) is 9.55 Å². The van der Waals surface area contributed by atoms with E-state index in [1.807, 2.05) is 54.6 Å². The molecule has 2 aromatic heterocycles. The third-order valence-corrected chi connectivity index (χ3v) is 4.62. The Morgan fingerprint density at radius 2 is 1.80 bits per heavy atom. The van der Waals surface area contributed by atoms with Gasteiger partial charge in [0.05, 0.1) is 11.1 Å². The predicted octanol–water partition coefficient (Wildman–Crippen LogP) is 4.69. The molecule has 0 amide bonds. The lowest BCUT2D eigenvalue weighted by Crippen LogP contribution is -2.00. The van der Waals surface area contributed by atoms with Crippen LogP contribution in [0.5, 0.6) is 5.75 Å². The van der Waals surface area contributed by atoms with Gasteiger partial charge in [0, 0.05) is 29.7 Å². The van der Waals surface area contributed by atoms with E-state index in [4.69, 9.17) is 4.74 Å². The lowest BCUT2D eigenvalue weighted by atomic mass is 10.0. The molecule has 0 bridgehead atoms. The maximum Gasteiger partial charge on any atom is 0.335 e. The minimum atomic E-state index is -1.04. The Bertz CT molecular complexity index is 1240. The number of hydrogen-bond acceptors (Lipinski definition) is 4. The van der Waals surface area contributed by atoms with Crippen LogP contribution in [0.2, 0.25) is 0 Å². The van der Waals surface area contributed by atoms with Crippen molar-refractivity contribution in [3.05, 3.63) is 102 Å². The van der Waals surface area contributed by atoms with Gasteiger partial charge in [-0.05, 0) is 23.8 Å². The molecule has 0 saturated heterocycles. The van der Waals surface area contributed by atoms with Gasteiger partial charge in [-0.1, -0.05) is 48.5 Å². The van der Waals surface area contributed by atoms with E-state index < -0.39 is 5.97 Å². The molecule has 6 nitrogen and oxygen atoms in total. The van der Waals surface area contributed by atoms with Crippen LogP contribution in [0.3, 0.4) is 0 Å². The highest BCUT2D eigenvalue weighted by Gasteiger charge is 2.15. The Morgan fingerprint density at radius 3 is 2.57 bits per heavy atom. The highest BCUT2D eigenvalue weighted by atomic mass is 16.5. The molecule has 4 aromatic rings. The smallest absolute Gasteiger partial charge is 0.335 e. The maximum atomic E-state index is 11.3. The summed E-state index contributed by atoms with van der Waals surface area (Å²) in [7, 11) is 0. The van der Waals surface area contributed by atoms with E-state index in [1.165, 1.54) is 18.3 Å². The van der Waals surface area contributed by atoms with Crippen LogP contribution in [0.4, 0.5) is 0 Å². The minimum Gasteiger partial charge on any atom is -0.488 e. The van der Waals surface area contributed by atoms with Gasteiger partial charge in [-0.2, -0.15) is 5.26 Å². The third kappa shape index (κ3) is 3.91. The zero-order valence-electron chi connectivity index (χ0n) is 15.9. The van der Waals surface area contributed by atoms with Gasteiger partial charge in [0.1, 0.15) is 24.2 Å². The van der Waals surface area contributed by atoms with E-state index in [0.29, 0.717) is 29.3 Å². The topological polar surface area (TPSA) is 88.1 Å². The number of nitrogens with zero attached hydrogens (tertiary/aromatic N) is 3. The first kappa shape index (κ1) is 19.0. The Labute approximate surface area is 173 Å². The van der Waals surface area contributed by atoms with Crippen molar-refractivity contribution >= 4 is 5.97 Å². The normalized spacial score (nSPS) is 10.4. The molecule has 2 aromatic carbocycles. The highest BCUT2D eigenvalue weighted by molar-refractivity contribution is 5.88. The molecule has 0 aliphatic heterocycles. The second-order valence-electron chi connectivity index (χ2n) is 6.58. The van der Waals surface area contributed by atoms with Crippen LogP contribution in [-0.4, -0.2) is 20.6 Å². The largest absolute Gasteiger partial charge is 0.488 e. The number of nitriles is 1. The van der Waals surface area contributed by atoms with Crippen LogP contribution in [-0.2, 0) is 6.61 Å². The summed E-state index contributed by atoms with van der Waals surface area (Å²) in [6.07, 6.45) is 4.83. The monoisotopic (exact) mass is 395 g/mol. The van der Waals surface area contributed by atoms with E-state index >= 15 is 0 Å². The van der Waals surface area contributed by atoms with Gasteiger partial charge in [-0.25, -0.2) is 9.78 Å². The molecule has 1 N–H and O–H groups in total. The van der Waals surface area contributed by atoms with Gasteiger partial charge in [-0.3, -0.25) is 0 Å². The number of hydrogen-bond donors (Lipinski definition) is 1. The van der Waals surface area contributed by atoms with E-state index in [9.17, 15) is 15.2 Å². The minimum absolute atomic E-state index is 0.125. The van der Waals surface area contributed by atoms with Crippen LogP contribution in [0.25, 0.3) is 16.9 Å². The number of carbonyl (C=O) groups is 1. The molecule has 0 aliphatic carbocycles. The molecule has 0 spiro atoms. The lowest BCUT2D eigenvalue weighted by Gasteiger charge is -2.11. The van der Waals surface area contributed by atoms with Crippen molar-refractivity contribution in [2.45, 2.75) is 6.61 Å². The molecule has 0 fully saturated rings. The zero-order valence-corrected chi connectivity index (χ0v) is 15.9. The molecular formula is C24H17N3O3. The number of benzene rings is 2. The van der Waals surface area contributed by atoms with Gasteiger partial charge >= 0.3 is 5.97 Å². The summed E-state index contributed by atoms with van der Waals surface area (Å²) in [6.45, 7) is 0.405. The quantitative estimate of drug-likeness (QED) is 0.512. The van der Waals surface area contributed by atoms with Crippen LogP contribution >= 0.6 is 0 Å². The Hall–Kier alpha value is -4.37. The summed E-state index contributed by atoms with van der Waals surface area (Å²) in [5.74, 6) is 0.0365. The van der Waals surface area contributed by atoms with Crippen molar-refractivity contribution in [3.63, 3.8) is 0 Å². The summed E-state index contributed by atoms with van der Waals surface area (Å²) in [6, 6.07) is 22.4. The second-order valence-corrected chi connectivity index (χ2v) is 6.58. The van der Waals surface area contributed by atoms with Gasteiger partial charge in [0.15, 0.2) is 0 Å². The summed E-state index contributed by atoms with van der Waals surface area (Å²) in [5.41, 5.74) is 3.07. The molecule has 6 heteroatoms. The number of aromatic carboxylic acids is 1. The SMILES string of the molecule is N#Cc1cn(-c2cc(C(=O)O)ccn2)cc1-c1ccccc1OCc1ccccc1. The van der Waals surface area contributed by atoms with E-state index in [0.717, 1.165) is 11.1 Å². The van der Waals surface area contributed by atoms with Crippen molar-refractivity contribution in [2.24, 2.45) is 0 Å². The third-order valence-electron chi connectivity index (χ3n) is 4.62. The molecule has 4 rings (SSSR count). The number of ether oxygens (including phenoxy) is 1. The van der Waals surface area contributed by atoms with E-state index in [2.05, 4.69) is 11.1 Å². The van der Waals surface area contributed by atoms with Crippen molar-refractivity contribution in [3.8, 4) is 28.8 Å². The van der Waals surface area contributed by atoms with Crippen molar-refractivity contribution in [2.75, 3.05) is 0 Å². The van der Waals surface area contributed by atoms with Crippen LogP contribution in [0.1, 0.15) is 21.5 Å². The van der Waals surface area contributed by atoms with Gasteiger partial charge in [0.25, 0.3) is 0 Å². The number of carboxylic acid groups (broad SMARTS) is 1. The summed E-state index contributed by atoms with van der Waals surface area (Å²) in [5, 5.41) is 18.9. The molecule has 0 saturated carbocycles. The Balaban J connectivity index is 1.71. The first-order valence-electron chi connectivity index (χ1n) is 9.23. The Kier molecular flexibility index (Phi) is 5.27. The standard InChI is InChI=1S/C24H17N3O3/c25-13-19-14-27(23-12-18(24(28)29)10-11-26-23)15-21(19)20-8-4-5-9-22(20)30-16-17-6-2-1-3-7-17/h1-12,14-15H,16H2,(H,28,29). The van der Waals surface area contributed by atoms with Gasteiger partial charge in [0.2, 0.25) is 0 Å². The summed E-state index contributed by atoms with van der Waals surface area (Å²) < 4.78 is 7.68. The average molecular weight is 395 g/mol. The lowest BCUT2D eigenvalue weighted by molar-refractivity contribution is 0.0696. The van der Waals surface area contributed by atoms with Gasteiger partial charge < -0.3 is 14.4 Å². The van der Waals surface area contributed by atoms with E-state index in [-0.39, 0.29) is 5.56 Å². The predicted molar refractivity (Wildman–Crippen MR) is 111 cm³/mol. The average Bonchev–Trinajstić information content (AvgIpc) is 3.23. The number of aromatic nitrogens is 2. The van der Waals surface area contributed by atoms with Crippen LogP contribution in [0.15, 0.2) is 85.3 Å². The number of para-hydroxylation sites is 1. The van der Waals surface area contributed by atoms with Crippen LogP contribution < -0.4 is 4.74 Å². The molecule has 0 radical (unpaired) electrons. The molecule has 146 valence electrons. The first-order valence-corrected chi connectivity index (χ1v) is 9.23. The summed E-state index contributed by atoms with van der Waals surface area (Å²) >= 11 is 0. The molecular weight excluding hydrogens is 378 g/mol. The van der Waals surface area contributed by atoms with Crippen molar-refractivity contribution < 1.29 is 14.6 Å². The number of pyridine rings is 1. The Morgan fingerprint density at radius 1 is 1.03 bits per heavy atom. The molecule has 0 atom stereocenters. The van der Waals surface area contributed by atoms with E-state index in [1.54, 1.807) is 17.0 Å². The number of carboxylic acids is 1. The fourth-order valence-electron chi connectivity index (χ4n) is 3.13. The molecule has 0 unspecified atom stereocenters. The second kappa shape index (κ2) is 8.33. The molecule has 2 heterocycles. The molecule has 0 aliphatic rings. The first-order chi connectivity index (χ1) is 14.7. The summed E-state index contributed by atoms with van der Waals surface area (Å²) in [4.78, 5) is 15.5. The zero-order chi connectivity index (χ0) is 20.9. The van der Waals surface area contributed by atoms with Crippen LogP contribution in [0, 0.1) is 11.3 Å². The highest BCUT2D eigenvalue weighted by Crippen LogP contribution is 2.34. The maximum absolute atomic E-state index is 11.3. The number of rotatable bonds is 6. The van der Waals surface area contributed by atoms with Crippen molar-refractivity contribution in [1.29, 1.82) is 5.26 Å². The van der Waals surface area contributed by atoms with Gasteiger partial charge in [-0.15, -0.1) is 0 Å². The fourth-order valence-corrected chi connectivity index (χ4v) is 3.13.